The first kappa shape index (κ1) is 16.8. The van der Waals surface area contributed by atoms with Crippen LogP contribution in [0.15, 0.2) is 61.3 Å². The first-order valence-corrected chi connectivity index (χ1v) is 8.56. The number of pyridine rings is 1. The molecule has 0 radical (unpaired) electrons. The number of hydrogen-bond acceptors (Lipinski definition) is 4. The van der Waals surface area contributed by atoms with E-state index in [1.54, 1.807) is 17.2 Å². The summed E-state index contributed by atoms with van der Waals surface area (Å²) in [6.07, 6.45) is 7.23. The number of carbonyl (C=O) groups excluding carboxylic acids is 1. The number of amides is 1. The van der Waals surface area contributed by atoms with Crippen LogP contribution in [0.4, 0.5) is 11.4 Å². The van der Waals surface area contributed by atoms with Crippen molar-refractivity contribution in [3.05, 3.63) is 61.3 Å². The fraction of sp³-hybridized carbons (Fsp3) is 0.158. The van der Waals surface area contributed by atoms with Crippen LogP contribution in [0, 0.1) is 0 Å². The van der Waals surface area contributed by atoms with Gasteiger partial charge in [0.05, 0.1) is 17.2 Å². The van der Waals surface area contributed by atoms with Crippen LogP contribution in [-0.2, 0) is 18.4 Å². The SMILES string of the molecule is CNc1cc[n+](CC(=O)Nc2ccc3c(c2)ncn3-c2ccnn2C)cc1. The van der Waals surface area contributed by atoms with Crippen molar-refractivity contribution in [3.8, 4) is 5.82 Å². The van der Waals surface area contributed by atoms with Gasteiger partial charge in [0.1, 0.15) is 12.1 Å². The Balaban J connectivity index is 1.50. The Morgan fingerprint density at radius 2 is 1.96 bits per heavy atom. The van der Waals surface area contributed by atoms with Gasteiger partial charge in [-0.05, 0) is 18.2 Å². The zero-order valence-corrected chi connectivity index (χ0v) is 15.1. The Morgan fingerprint density at radius 1 is 1.15 bits per heavy atom. The van der Waals surface area contributed by atoms with E-state index in [4.69, 9.17) is 0 Å². The minimum atomic E-state index is -0.0948. The molecule has 4 rings (SSSR count). The summed E-state index contributed by atoms with van der Waals surface area (Å²) in [6, 6.07) is 11.5. The molecule has 3 heterocycles. The fourth-order valence-corrected chi connectivity index (χ4v) is 2.97. The van der Waals surface area contributed by atoms with Gasteiger partial charge in [-0.25, -0.2) is 4.98 Å². The summed E-state index contributed by atoms with van der Waals surface area (Å²) < 4.78 is 5.58. The van der Waals surface area contributed by atoms with Gasteiger partial charge in [0, 0.05) is 43.7 Å². The van der Waals surface area contributed by atoms with Crippen molar-refractivity contribution in [2.45, 2.75) is 6.54 Å². The van der Waals surface area contributed by atoms with Gasteiger partial charge in [0.2, 0.25) is 6.54 Å². The van der Waals surface area contributed by atoms with Gasteiger partial charge in [-0.15, -0.1) is 0 Å². The average molecular weight is 362 g/mol. The van der Waals surface area contributed by atoms with Crippen LogP contribution in [0.3, 0.4) is 0 Å². The number of carbonyl (C=O) groups is 1. The van der Waals surface area contributed by atoms with Gasteiger partial charge in [0.15, 0.2) is 12.4 Å². The van der Waals surface area contributed by atoms with E-state index in [1.807, 2.05) is 72.0 Å². The molecular weight excluding hydrogens is 342 g/mol. The topological polar surface area (TPSA) is 80.7 Å². The van der Waals surface area contributed by atoms with E-state index < -0.39 is 0 Å². The Hall–Kier alpha value is -3.68. The molecular formula is C19H20N7O+. The lowest BCUT2D eigenvalue weighted by atomic mass is 10.2. The van der Waals surface area contributed by atoms with Crippen molar-refractivity contribution in [1.29, 1.82) is 0 Å². The minimum Gasteiger partial charge on any atom is -0.388 e. The first-order valence-electron chi connectivity index (χ1n) is 8.56. The van der Waals surface area contributed by atoms with E-state index in [2.05, 4.69) is 20.7 Å². The molecule has 0 spiro atoms. The van der Waals surface area contributed by atoms with E-state index in [0.717, 1.165) is 28.2 Å². The summed E-state index contributed by atoms with van der Waals surface area (Å²) in [5, 5.41) is 10.2. The largest absolute Gasteiger partial charge is 0.388 e. The van der Waals surface area contributed by atoms with Crippen LogP contribution in [0.25, 0.3) is 16.9 Å². The maximum Gasteiger partial charge on any atom is 0.290 e. The van der Waals surface area contributed by atoms with Crippen LogP contribution in [0.1, 0.15) is 0 Å². The van der Waals surface area contributed by atoms with Gasteiger partial charge in [-0.2, -0.15) is 9.67 Å². The Morgan fingerprint density at radius 3 is 2.67 bits per heavy atom. The molecule has 0 saturated heterocycles. The molecule has 8 nitrogen and oxygen atoms in total. The summed E-state index contributed by atoms with van der Waals surface area (Å²) in [5.41, 5.74) is 3.48. The van der Waals surface area contributed by atoms with Crippen molar-refractivity contribution < 1.29 is 9.36 Å². The van der Waals surface area contributed by atoms with Crippen LogP contribution in [0.2, 0.25) is 0 Å². The van der Waals surface area contributed by atoms with E-state index in [9.17, 15) is 4.79 Å². The zero-order valence-electron chi connectivity index (χ0n) is 15.1. The molecule has 0 fully saturated rings. The maximum absolute atomic E-state index is 12.3. The second-order valence-electron chi connectivity index (χ2n) is 6.19. The number of rotatable bonds is 5. The van der Waals surface area contributed by atoms with E-state index in [-0.39, 0.29) is 12.5 Å². The summed E-state index contributed by atoms with van der Waals surface area (Å²) in [5.74, 6) is 0.832. The smallest absolute Gasteiger partial charge is 0.290 e. The lowest BCUT2D eigenvalue weighted by molar-refractivity contribution is -0.684. The highest BCUT2D eigenvalue weighted by molar-refractivity contribution is 5.92. The molecule has 136 valence electrons. The monoisotopic (exact) mass is 362 g/mol. The normalized spacial score (nSPS) is 10.9. The summed E-state index contributed by atoms with van der Waals surface area (Å²) >= 11 is 0. The molecule has 1 aromatic carbocycles. The van der Waals surface area contributed by atoms with E-state index >= 15 is 0 Å². The average Bonchev–Trinajstić information content (AvgIpc) is 3.27. The fourth-order valence-electron chi connectivity index (χ4n) is 2.97. The molecule has 0 aliphatic rings. The predicted octanol–water partition coefficient (Wildman–Crippen LogP) is 1.73. The third kappa shape index (κ3) is 3.37. The van der Waals surface area contributed by atoms with Crippen molar-refractivity contribution in [3.63, 3.8) is 0 Å². The molecule has 0 unspecified atom stereocenters. The number of imidazole rings is 1. The second-order valence-corrected chi connectivity index (χ2v) is 6.19. The predicted molar refractivity (Wildman–Crippen MR) is 103 cm³/mol. The molecule has 1 amide bonds. The van der Waals surface area contributed by atoms with E-state index in [0.29, 0.717) is 0 Å². The number of anilines is 2. The van der Waals surface area contributed by atoms with Crippen molar-refractivity contribution in [2.75, 3.05) is 17.7 Å². The minimum absolute atomic E-state index is 0.0948. The van der Waals surface area contributed by atoms with Gasteiger partial charge in [-0.1, -0.05) is 0 Å². The van der Waals surface area contributed by atoms with Crippen LogP contribution < -0.4 is 15.2 Å². The Kier molecular flexibility index (Phi) is 4.29. The van der Waals surface area contributed by atoms with Crippen molar-refractivity contribution >= 4 is 28.3 Å². The summed E-state index contributed by atoms with van der Waals surface area (Å²) in [4.78, 5) is 16.8. The third-order valence-corrected chi connectivity index (χ3v) is 4.38. The van der Waals surface area contributed by atoms with Crippen molar-refractivity contribution in [2.24, 2.45) is 7.05 Å². The zero-order chi connectivity index (χ0) is 18.8. The molecule has 0 atom stereocenters. The standard InChI is InChI=1S/C19H19N7O/c1-20-14-6-9-25(10-7-14)12-18(27)23-15-3-4-17-16(11-15)21-13-26(17)19-5-8-22-24(19)2/h3-11,13H,12H2,1-2H3,(H,23,27)/p+1. The van der Waals surface area contributed by atoms with Gasteiger partial charge < -0.3 is 10.6 Å². The number of aromatic nitrogens is 5. The number of hydrogen-bond donors (Lipinski definition) is 2. The molecule has 0 bridgehead atoms. The van der Waals surface area contributed by atoms with E-state index in [1.165, 1.54) is 0 Å². The van der Waals surface area contributed by atoms with Crippen LogP contribution >= 0.6 is 0 Å². The Bertz CT molecular complexity index is 1090. The lowest BCUT2D eigenvalue weighted by Crippen LogP contribution is -2.39. The Labute approximate surface area is 156 Å². The van der Waals surface area contributed by atoms with Gasteiger partial charge >= 0.3 is 0 Å². The van der Waals surface area contributed by atoms with Gasteiger partial charge in [-0.3, -0.25) is 14.0 Å². The van der Waals surface area contributed by atoms with Crippen LogP contribution in [0.5, 0.6) is 0 Å². The number of benzene rings is 1. The third-order valence-electron chi connectivity index (χ3n) is 4.38. The maximum atomic E-state index is 12.3. The highest BCUT2D eigenvalue weighted by atomic mass is 16.1. The first-order chi connectivity index (χ1) is 13.1. The molecule has 27 heavy (non-hydrogen) atoms. The molecule has 0 aliphatic heterocycles. The molecule has 0 saturated carbocycles. The summed E-state index contributed by atoms with van der Waals surface area (Å²) in [7, 11) is 3.74. The van der Waals surface area contributed by atoms with Crippen LogP contribution in [-0.4, -0.2) is 32.3 Å². The molecule has 0 aliphatic carbocycles. The van der Waals surface area contributed by atoms with Crippen molar-refractivity contribution in [1.82, 2.24) is 19.3 Å². The number of aryl methyl sites for hydroxylation is 1. The number of nitrogens with one attached hydrogen (secondary N) is 2. The second kappa shape index (κ2) is 6.91. The quantitative estimate of drug-likeness (QED) is 0.530. The molecule has 8 heteroatoms. The molecule has 2 N–H and O–H groups in total. The number of nitrogens with zero attached hydrogens (tertiary/aromatic N) is 5. The molecule has 3 aromatic heterocycles. The number of fused-ring (bicyclic) bond motifs is 1. The van der Waals surface area contributed by atoms with Gasteiger partial charge in [0.25, 0.3) is 5.91 Å². The highest BCUT2D eigenvalue weighted by Crippen LogP contribution is 2.21. The lowest BCUT2D eigenvalue weighted by Gasteiger charge is -2.06. The molecule has 4 aromatic rings. The summed E-state index contributed by atoms with van der Waals surface area (Å²) in [6.45, 7) is 0.242. The highest BCUT2D eigenvalue weighted by Gasteiger charge is 2.12.